The molecule has 19 heavy (non-hydrogen) atoms. The van der Waals surface area contributed by atoms with Gasteiger partial charge in [0.1, 0.15) is 5.69 Å². The third kappa shape index (κ3) is 2.02. The van der Waals surface area contributed by atoms with Crippen LogP contribution in [-0.2, 0) is 0 Å². The molecule has 6 heteroatoms. The Kier molecular flexibility index (Phi) is 2.85. The van der Waals surface area contributed by atoms with E-state index in [4.69, 9.17) is 0 Å². The van der Waals surface area contributed by atoms with Gasteiger partial charge in [0.15, 0.2) is 0 Å². The number of thiophene rings is 1. The SMILES string of the molecule is O=[N+]([O-])c1ccccc1-n1nccc1-c1cccs1. The highest BCUT2D eigenvalue weighted by atomic mass is 32.1. The highest BCUT2D eigenvalue weighted by Gasteiger charge is 2.17. The van der Waals surface area contributed by atoms with E-state index in [1.165, 1.54) is 6.07 Å². The Morgan fingerprint density at radius 3 is 2.74 bits per heavy atom. The molecule has 0 radical (unpaired) electrons. The number of nitrogens with zero attached hydrogens (tertiary/aromatic N) is 3. The fraction of sp³-hybridized carbons (Fsp3) is 0. The van der Waals surface area contributed by atoms with Crippen molar-refractivity contribution in [3.05, 3.63) is 64.2 Å². The molecule has 1 aromatic carbocycles. The molecule has 0 bridgehead atoms. The number of hydrogen-bond donors (Lipinski definition) is 0. The summed E-state index contributed by atoms with van der Waals surface area (Å²) >= 11 is 1.57. The third-order valence-corrected chi connectivity index (χ3v) is 3.62. The van der Waals surface area contributed by atoms with Crippen molar-refractivity contribution in [1.82, 2.24) is 9.78 Å². The van der Waals surface area contributed by atoms with Crippen LogP contribution in [0.25, 0.3) is 16.3 Å². The van der Waals surface area contributed by atoms with Gasteiger partial charge in [-0.15, -0.1) is 11.3 Å². The first-order chi connectivity index (χ1) is 9.27. The molecular formula is C13H9N3O2S. The summed E-state index contributed by atoms with van der Waals surface area (Å²) in [5, 5.41) is 17.3. The summed E-state index contributed by atoms with van der Waals surface area (Å²) in [6, 6.07) is 12.3. The Balaban J connectivity index is 2.19. The summed E-state index contributed by atoms with van der Waals surface area (Å²) in [5.41, 5.74) is 1.37. The largest absolute Gasteiger partial charge is 0.294 e. The van der Waals surface area contributed by atoms with Gasteiger partial charge in [0.2, 0.25) is 0 Å². The first-order valence-electron chi connectivity index (χ1n) is 5.59. The molecule has 3 rings (SSSR count). The van der Waals surface area contributed by atoms with Crippen molar-refractivity contribution in [1.29, 1.82) is 0 Å². The average molecular weight is 271 g/mol. The van der Waals surface area contributed by atoms with Gasteiger partial charge >= 0.3 is 0 Å². The molecule has 94 valence electrons. The maximum absolute atomic E-state index is 11.1. The molecular weight excluding hydrogens is 262 g/mol. The van der Waals surface area contributed by atoms with Gasteiger partial charge in [-0.2, -0.15) is 5.10 Å². The van der Waals surface area contributed by atoms with E-state index in [1.54, 1.807) is 40.4 Å². The minimum atomic E-state index is -0.394. The number of nitro benzene ring substituents is 1. The molecule has 0 aliphatic carbocycles. The van der Waals surface area contributed by atoms with Crippen LogP contribution in [0.15, 0.2) is 54.0 Å². The van der Waals surface area contributed by atoms with Gasteiger partial charge in [-0.25, -0.2) is 4.68 Å². The maximum atomic E-state index is 11.1. The second kappa shape index (κ2) is 4.66. The summed E-state index contributed by atoms with van der Waals surface area (Å²) in [7, 11) is 0. The molecule has 2 aromatic heterocycles. The summed E-state index contributed by atoms with van der Waals surface area (Å²) in [4.78, 5) is 11.7. The van der Waals surface area contributed by atoms with Gasteiger partial charge in [0.25, 0.3) is 5.69 Å². The molecule has 0 unspecified atom stereocenters. The van der Waals surface area contributed by atoms with Crippen LogP contribution in [0, 0.1) is 10.1 Å². The molecule has 0 spiro atoms. The Morgan fingerprint density at radius 2 is 2.00 bits per heavy atom. The molecule has 0 fully saturated rings. The van der Waals surface area contributed by atoms with Crippen molar-refractivity contribution < 1.29 is 4.92 Å². The van der Waals surface area contributed by atoms with E-state index >= 15 is 0 Å². The van der Waals surface area contributed by atoms with Crippen molar-refractivity contribution >= 4 is 17.0 Å². The Bertz CT molecular complexity index is 719. The molecule has 0 saturated heterocycles. The third-order valence-electron chi connectivity index (χ3n) is 2.72. The molecule has 3 aromatic rings. The molecule has 0 amide bonds. The number of benzene rings is 1. The molecule has 0 N–H and O–H groups in total. The first-order valence-corrected chi connectivity index (χ1v) is 6.47. The lowest BCUT2D eigenvalue weighted by atomic mass is 10.2. The van der Waals surface area contributed by atoms with E-state index in [-0.39, 0.29) is 5.69 Å². The van der Waals surface area contributed by atoms with E-state index < -0.39 is 4.92 Å². The van der Waals surface area contributed by atoms with E-state index in [1.807, 2.05) is 23.6 Å². The zero-order valence-corrected chi connectivity index (χ0v) is 10.6. The topological polar surface area (TPSA) is 61.0 Å². The lowest BCUT2D eigenvalue weighted by Crippen LogP contribution is -2.02. The molecule has 5 nitrogen and oxygen atoms in total. The van der Waals surface area contributed by atoms with Crippen molar-refractivity contribution in [3.8, 4) is 16.3 Å². The number of rotatable bonds is 3. The van der Waals surface area contributed by atoms with Crippen molar-refractivity contribution in [3.63, 3.8) is 0 Å². The normalized spacial score (nSPS) is 10.5. The van der Waals surface area contributed by atoms with Gasteiger partial charge < -0.3 is 0 Å². The van der Waals surface area contributed by atoms with Crippen LogP contribution in [0.1, 0.15) is 0 Å². The zero-order chi connectivity index (χ0) is 13.2. The summed E-state index contributed by atoms with van der Waals surface area (Å²) in [5.74, 6) is 0. The van der Waals surface area contributed by atoms with E-state index in [2.05, 4.69) is 5.10 Å². The van der Waals surface area contributed by atoms with Crippen molar-refractivity contribution in [2.24, 2.45) is 0 Å². The Morgan fingerprint density at radius 1 is 1.16 bits per heavy atom. The van der Waals surface area contributed by atoms with Crippen LogP contribution in [0.2, 0.25) is 0 Å². The van der Waals surface area contributed by atoms with E-state index in [0.717, 1.165) is 10.6 Å². The molecule has 0 aliphatic rings. The Hall–Kier alpha value is -2.47. The minimum absolute atomic E-state index is 0.0454. The number of para-hydroxylation sites is 2. The van der Waals surface area contributed by atoms with Crippen LogP contribution in [0.5, 0.6) is 0 Å². The molecule has 0 atom stereocenters. The van der Waals surface area contributed by atoms with Gasteiger partial charge in [0, 0.05) is 6.07 Å². The number of hydrogen-bond acceptors (Lipinski definition) is 4. The predicted molar refractivity (Wildman–Crippen MR) is 73.5 cm³/mol. The highest BCUT2D eigenvalue weighted by Crippen LogP contribution is 2.30. The van der Waals surface area contributed by atoms with E-state index in [9.17, 15) is 10.1 Å². The maximum Gasteiger partial charge on any atom is 0.294 e. The summed E-state index contributed by atoms with van der Waals surface area (Å²) in [6.45, 7) is 0. The molecule has 2 heterocycles. The lowest BCUT2D eigenvalue weighted by molar-refractivity contribution is -0.384. The van der Waals surface area contributed by atoms with Crippen molar-refractivity contribution in [2.75, 3.05) is 0 Å². The number of aromatic nitrogens is 2. The summed E-state index contributed by atoms with van der Waals surface area (Å²) in [6.07, 6.45) is 1.64. The highest BCUT2D eigenvalue weighted by molar-refractivity contribution is 7.13. The fourth-order valence-electron chi connectivity index (χ4n) is 1.90. The van der Waals surface area contributed by atoms with Crippen molar-refractivity contribution in [2.45, 2.75) is 0 Å². The van der Waals surface area contributed by atoms with Crippen LogP contribution >= 0.6 is 11.3 Å². The standard InChI is InChI=1S/C13H9N3O2S/c17-16(18)11-5-2-1-4-10(11)15-12(7-8-14-15)13-6-3-9-19-13/h1-9H. The smallest absolute Gasteiger partial charge is 0.258 e. The second-order valence-corrected chi connectivity index (χ2v) is 4.80. The predicted octanol–water partition coefficient (Wildman–Crippen LogP) is 3.51. The zero-order valence-electron chi connectivity index (χ0n) is 9.76. The average Bonchev–Trinajstić information content (AvgIpc) is 3.09. The van der Waals surface area contributed by atoms with Gasteiger partial charge in [-0.05, 0) is 23.6 Å². The Labute approximate surface area is 112 Å². The van der Waals surface area contributed by atoms with Crippen LogP contribution in [0.4, 0.5) is 5.69 Å². The van der Waals surface area contributed by atoms with Crippen LogP contribution in [-0.4, -0.2) is 14.7 Å². The van der Waals surface area contributed by atoms with Gasteiger partial charge in [-0.1, -0.05) is 18.2 Å². The van der Waals surface area contributed by atoms with E-state index in [0.29, 0.717) is 5.69 Å². The summed E-state index contributed by atoms with van der Waals surface area (Å²) < 4.78 is 1.60. The molecule has 0 aliphatic heterocycles. The van der Waals surface area contributed by atoms with Gasteiger partial charge in [0.05, 0.1) is 21.7 Å². The quantitative estimate of drug-likeness (QED) is 0.541. The second-order valence-electron chi connectivity index (χ2n) is 3.85. The van der Waals surface area contributed by atoms with Gasteiger partial charge in [-0.3, -0.25) is 10.1 Å². The van der Waals surface area contributed by atoms with Crippen LogP contribution < -0.4 is 0 Å². The lowest BCUT2D eigenvalue weighted by Gasteiger charge is -2.06. The molecule has 0 saturated carbocycles. The minimum Gasteiger partial charge on any atom is -0.258 e. The monoisotopic (exact) mass is 271 g/mol. The first kappa shape index (κ1) is 11.6. The fourth-order valence-corrected chi connectivity index (χ4v) is 2.64. The van der Waals surface area contributed by atoms with Crippen LogP contribution in [0.3, 0.4) is 0 Å². The number of nitro groups is 1.